The van der Waals surface area contributed by atoms with Crippen LogP contribution in [0.1, 0.15) is 32.1 Å². The molecule has 0 bridgehead atoms. The van der Waals surface area contributed by atoms with E-state index in [2.05, 4.69) is 0 Å². The van der Waals surface area contributed by atoms with Gasteiger partial charge in [-0.3, -0.25) is 4.79 Å². The van der Waals surface area contributed by atoms with Crippen LogP contribution in [0.3, 0.4) is 0 Å². The second-order valence-electron chi connectivity index (χ2n) is 3.72. The standard InChI is InChI=1S/C9H16O4/c10-6-7(11)9(8(12)13)4-2-1-3-5-9/h7,10-11H,1-6H2,(H,12,13). The van der Waals surface area contributed by atoms with Crippen LogP contribution in [-0.4, -0.2) is 34.0 Å². The summed E-state index contributed by atoms with van der Waals surface area (Å²) in [5, 5.41) is 27.3. The minimum atomic E-state index is -1.12. The number of aliphatic hydroxyl groups excluding tert-OH is 2. The summed E-state index contributed by atoms with van der Waals surface area (Å²) in [6.45, 7) is -0.466. The van der Waals surface area contributed by atoms with Gasteiger partial charge in [0.25, 0.3) is 0 Å². The molecule has 0 saturated heterocycles. The molecule has 0 radical (unpaired) electrons. The van der Waals surface area contributed by atoms with Gasteiger partial charge in [0.15, 0.2) is 0 Å². The average Bonchev–Trinajstić information content (AvgIpc) is 2.17. The third kappa shape index (κ3) is 1.84. The van der Waals surface area contributed by atoms with Crippen molar-refractivity contribution < 1.29 is 20.1 Å². The molecule has 1 saturated carbocycles. The Morgan fingerprint density at radius 3 is 2.23 bits per heavy atom. The largest absolute Gasteiger partial charge is 0.481 e. The van der Waals surface area contributed by atoms with E-state index in [1.165, 1.54) is 0 Å². The highest BCUT2D eigenvalue weighted by molar-refractivity contribution is 5.75. The number of hydrogen-bond acceptors (Lipinski definition) is 3. The van der Waals surface area contributed by atoms with Crippen LogP contribution in [0.15, 0.2) is 0 Å². The molecule has 1 atom stereocenters. The van der Waals surface area contributed by atoms with Crippen molar-refractivity contribution in [1.82, 2.24) is 0 Å². The Bertz CT molecular complexity index is 184. The van der Waals surface area contributed by atoms with Crippen molar-refractivity contribution in [3.8, 4) is 0 Å². The molecule has 1 rings (SSSR count). The summed E-state index contributed by atoms with van der Waals surface area (Å²) in [6.07, 6.45) is 2.50. The molecular weight excluding hydrogens is 172 g/mol. The number of carboxylic acid groups (broad SMARTS) is 1. The van der Waals surface area contributed by atoms with E-state index in [9.17, 15) is 9.90 Å². The van der Waals surface area contributed by atoms with Gasteiger partial charge in [0, 0.05) is 0 Å². The van der Waals surface area contributed by atoms with Gasteiger partial charge in [-0.2, -0.15) is 0 Å². The van der Waals surface area contributed by atoms with E-state index in [0.29, 0.717) is 12.8 Å². The Morgan fingerprint density at radius 2 is 1.85 bits per heavy atom. The highest BCUT2D eigenvalue weighted by atomic mass is 16.4. The fraction of sp³-hybridized carbons (Fsp3) is 0.889. The summed E-state index contributed by atoms with van der Waals surface area (Å²) in [5.74, 6) is -0.978. The van der Waals surface area contributed by atoms with E-state index in [4.69, 9.17) is 10.2 Å². The van der Waals surface area contributed by atoms with E-state index in [1.54, 1.807) is 0 Å². The van der Waals surface area contributed by atoms with Gasteiger partial charge in [-0.25, -0.2) is 0 Å². The van der Waals surface area contributed by atoms with Crippen LogP contribution < -0.4 is 0 Å². The Labute approximate surface area is 77.2 Å². The molecule has 1 fully saturated rings. The molecule has 4 heteroatoms. The molecule has 0 spiro atoms. The molecule has 0 aromatic heterocycles. The predicted octanol–water partition coefficient (Wildman–Crippen LogP) is 0.375. The number of hydrogen-bond donors (Lipinski definition) is 3. The van der Waals surface area contributed by atoms with Crippen LogP contribution in [0.5, 0.6) is 0 Å². The van der Waals surface area contributed by atoms with Crippen LogP contribution in [0, 0.1) is 5.41 Å². The van der Waals surface area contributed by atoms with Crippen LogP contribution in [0.2, 0.25) is 0 Å². The zero-order chi connectivity index (χ0) is 9.90. The van der Waals surface area contributed by atoms with Crippen LogP contribution in [-0.2, 0) is 4.79 Å². The fourth-order valence-electron chi connectivity index (χ4n) is 2.05. The Hall–Kier alpha value is -0.610. The predicted molar refractivity (Wildman–Crippen MR) is 46.2 cm³/mol. The number of rotatable bonds is 3. The van der Waals surface area contributed by atoms with E-state index in [-0.39, 0.29) is 0 Å². The van der Waals surface area contributed by atoms with Gasteiger partial charge in [-0.15, -0.1) is 0 Å². The minimum absolute atomic E-state index is 0.466. The summed E-state index contributed by atoms with van der Waals surface area (Å²) < 4.78 is 0. The zero-order valence-electron chi connectivity index (χ0n) is 7.57. The molecule has 1 unspecified atom stereocenters. The van der Waals surface area contributed by atoms with Crippen LogP contribution >= 0.6 is 0 Å². The molecule has 1 aliphatic carbocycles. The lowest BCUT2D eigenvalue weighted by Crippen LogP contribution is -2.45. The van der Waals surface area contributed by atoms with Gasteiger partial charge in [0.2, 0.25) is 0 Å². The van der Waals surface area contributed by atoms with Gasteiger partial charge in [-0.1, -0.05) is 19.3 Å². The molecule has 13 heavy (non-hydrogen) atoms. The smallest absolute Gasteiger partial charge is 0.312 e. The molecule has 76 valence electrons. The normalized spacial score (nSPS) is 23.8. The average molecular weight is 188 g/mol. The monoisotopic (exact) mass is 188 g/mol. The van der Waals surface area contributed by atoms with E-state index >= 15 is 0 Å². The van der Waals surface area contributed by atoms with Gasteiger partial charge in [-0.05, 0) is 12.8 Å². The summed E-state index contributed by atoms with van der Waals surface area (Å²) >= 11 is 0. The first-order valence-electron chi connectivity index (χ1n) is 4.66. The Morgan fingerprint density at radius 1 is 1.31 bits per heavy atom. The fourth-order valence-corrected chi connectivity index (χ4v) is 2.05. The summed E-state index contributed by atoms with van der Waals surface area (Å²) in [6, 6.07) is 0. The molecule has 0 aromatic rings. The number of aliphatic hydroxyl groups is 2. The lowest BCUT2D eigenvalue weighted by Gasteiger charge is -2.36. The molecule has 0 aromatic carbocycles. The molecule has 1 aliphatic rings. The molecular formula is C9H16O4. The van der Waals surface area contributed by atoms with E-state index < -0.39 is 24.1 Å². The number of aliphatic carboxylic acids is 1. The summed E-state index contributed by atoms with van der Waals surface area (Å²) in [5.41, 5.74) is -1.09. The second kappa shape index (κ2) is 4.07. The molecule has 0 heterocycles. The maximum atomic E-state index is 11.0. The van der Waals surface area contributed by atoms with Crippen molar-refractivity contribution in [3.05, 3.63) is 0 Å². The molecule has 3 N–H and O–H groups in total. The van der Waals surface area contributed by atoms with Crippen molar-refractivity contribution in [2.45, 2.75) is 38.2 Å². The van der Waals surface area contributed by atoms with Gasteiger partial charge < -0.3 is 15.3 Å². The SMILES string of the molecule is O=C(O)C1(C(O)CO)CCCCC1. The molecule has 4 nitrogen and oxygen atoms in total. The maximum Gasteiger partial charge on any atom is 0.312 e. The minimum Gasteiger partial charge on any atom is -0.481 e. The van der Waals surface area contributed by atoms with Crippen molar-refractivity contribution >= 4 is 5.97 Å². The quantitative estimate of drug-likeness (QED) is 0.598. The Balaban J connectivity index is 2.78. The van der Waals surface area contributed by atoms with Crippen molar-refractivity contribution in [3.63, 3.8) is 0 Å². The van der Waals surface area contributed by atoms with Gasteiger partial charge in [0.05, 0.1) is 18.1 Å². The maximum absolute atomic E-state index is 11.0. The van der Waals surface area contributed by atoms with Crippen LogP contribution in [0.4, 0.5) is 0 Å². The summed E-state index contributed by atoms with van der Waals surface area (Å²) in [7, 11) is 0. The third-order valence-corrected chi connectivity index (χ3v) is 2.98. The summed E-state index contributed by atoms with van der Waals surface area (Å²) in [4.78, 5) is 11.0. The highest BCUT2D eigenvalue weighted by Gasteiger charge is 2.45. The number of carboxylic acids is 1. The van der Waals surface area contributed by atoms with Gasteiger partial charge in [0.1, 0.15) is 0 Å². The Kier molecular flexibility index (Phi) is 3.27. The van der Waals surface area contributed by atoms with Crippen molar-refractivity contribution in [2.75, 3.05) is 6.61 Å². The van der Waals surface area contributed by atoms with Crippen molar-refractivity contribution in [2.24, 2.45) is 5.41 Å². The first-order valence-corrected chi connectivity index (χ1v) is 4.66. The zero-order valence-corrected chi connectivity index (χ0v) is 7.57. The van der Waals surface area contributed by atoms with Crippen molar-refractivity contribution in [1.29, 1.82) is 0 Å². The highest BCUT2D eigenvalue weighted by Crippen LogP contribution is 2.39. The third-order valence-electron chi connectivity index (χ3n) is 2.98. The molecule has 0 aliphatic heterocycles. The molecule has 0 amide bonds. The van der Waals surface area contributed by atoms with Crippen LogP contribution in [0.25, 0.3) is 0 Å². The first kappa shape index (κ1) is 10.5. The topological polar surface area (TPSA) is 77.8 Å². The second-order valence-corrected chi connectivity index (χ2v) is 3.72. The lowest BCUT2D eigenvalue weighted by atomic mass is 9.70. The lowest BCUT2D eigenvalue weighted by molar-refractivity contribution is -0.162. The first-order chi connectivity index (χ1) is 6.13. The number of carbonyl (C=O) groups is 1. The van der Waals surface area contributed by atoms with Gasteiger partial charge >= 0.3 is 5.97 Å². The van der Waals surface area contributed by atoms with E-state index in [0.717, 1.165) is 19.3 Å². The van der Waals surface area contributed by atoms with E-state index in [1.807, 2.05) is 0 Å².